The van der Waals surface area contributed by atoms with Gasteiger partial charge in [-0.05, 0) is 72.4 Å². The third-order valence-corrected chi connectivity index (χ3v) is 13.7. The molecule has 8 amide bonds. The standard InChI is InChI=1S/C57H71N11O8/c1-5-57(6-2,56(60)76)68-55(75)45(27-34(3)4)64-53(73)48(31-38-33-62-43-24-16-14-22-40(38)43)67-52(72)46(29-36-19-11-8-12-20-36)65-54(74)47(30-37-32-61-42-23-15-13-21-39(37)42)66-51(71)44(25-26-49(59)69)63-50(70)41(58)28-35-17-9-7-10-18-35/h7-24,32-34,41,44-48,61-62H,5-6,25-31,58H2,1-4H3,(H2,59,69)(H2,60,76)(H,63,70)(H,64,73)(H,65,74)(H,66,71)(H,67,72)(H,68,75)/t41-,44+,45+,46+,47-,48-/m1/s1. The molecule has 0 saturated heterocycles. The molecule has 0 spiro atoms. The van der Waals surface area contributed by atoms with E-state index in [1.165, 1.54) is 0 Å². The molecule has 6 atom stereocenters. The van der Waals surface area contributed by atoms with Crippen LogP contribution >= 0.6 is 0 Å². The van der Waals surface area contributed by atoms with E-state index in [-0.39, 0.29) is 63.7 Å². The van der Waals surface area contributed by atoms with E-state index in [0.717, 1.165) is 27.4 Å². The Bertz CT molecular complexity index is 2970. The summed E-state index contributed by atoms with van der Waals surface area (Å²) < 4.78 is 0. The van der Waals surface area contributed by atoms with Crippen molar-refractivity contribution in [2.75, 3.05) is 0 Å². The SMILES string of the molecule is CCC(CC)(NC(=O)[C@H](CC(C)C)NC(=O)[C@@H](Cc1c[nH]c2ccccc12)NC(=O)[C@H](Cc1ccccc1)NC(=O)[C@@H](Cc1c[nH]c2ccccc12)NC(=O)[C@H](CCC(N)=O)NC(=O)[C@H](N)Cc1ccccc1)C(N)=O. The van der Waals surface area contributed by atoms with E-state index in [1.54, 1.807) is 68.7 Å². The zero-order valence-electron chi connectivity index (χ0n) is 43.5. The maximum Gasteiger partial charge on any atom is 0.243 e. The Morgan fingerprint density at radius 3 is 1.36 bits per heavy atom. The fraction of sp³-hybridized carbons (Fsp3) is 0.368. The third kappa shape index (κ3) is 15.4. The number of carbonyl (C=O) groups excluding carboxylic acids is 8. The van der Waals surface area contributed by atoms with Crippen LogP contribution in [0.5, 0.6) is 0 Å². The van der Waals surface area contributed by atoms with Gasteiger partial charge in [-0.25, -0.2) is 0 Å². The van der Waals surface area contributed by atoms with Crippen LogP contribution in [0.2, 0.25) is 0 Å². The number of fused-ring (bicyclic) bond motifs is 2. The van der Waals surface area contributed by atoms with Crippen molar-refractivity contribution >= 4 is 69.1 Å². The molecular formula is C57H71N11O8. The molecule has 0 aliphatic rings. The zero-order valence-corrected chi connectivity index (χ0v) is 43.5. The first-order chi connectivity index (χ1) is 36.4. The van der Waals surface area contributed by atoms with Gasteiger partial charge in [0.1, 0.15) is 35.7 Å². The van der Waals surface area contributed by atoms with Gasteiger partial charge in [-0.15, -0.1) is 0 Å². The van der Waals surface area contributed by atoms with E-state index in [2.05, 4.69) is 41.9 Å². The first-order valence-electron chi connectivity index (χ1n) is 25.8. The largest absolute Gasteiger partial charge is 0.370 e. The van der Waals surface area contributed by atoms with Crippen molar-refractivity contribution < 1.29 is 38.4 Å². The van der Waals surface area contributed by atoms with Crippen molar-refractivity contribution in [1.29, 1.82) is 0 Å². The van der Waals surface area contributed by atoms with Crippen LogP contribution in [-0.2, 0) is 64.0 Å². The Hall–Kier alpha value is -8.32. The zero-order chi connectivity index (χ0) is 54.9. The van der Waals surface area contributed by atoms with Crippen molar-refractivity contribution in [3.63, 3.8) is 0 Å². The van der Waals surface area contributed by atoms with Crippen LogP contribution in [0.4, 0.5) is 0 Å². The highest BCUT2D eigenvalue weighted by molar-refractivity contribution is 5.99. The quantitative estimate of drug-likeness (QED) is 0.0344. The van der Waals surface area contributed by atoms with E-state index >= 15 is 0 Å². The molecule has 0 fully saturated rings. The maximum atomic E-state index is 15.0. The number of aromatic amines is 2. The molecule has 0 bridgehead atoms. The first kappa shape index (κ1) is 57.0. The van der Waals surface area contributed by atoms with E-state index in [9.17, 15) is 38.4 Å². The molecule has 19 heteroatoms. The average molecular weight is 1040 g/mol. The molecule has 0 aliphatic carbocycles. The molecule has 2 aromatic heterocycles. The fourth-order valence-corrected chi connectivity index (χ4v) is 9.27. The lowest BCUT2D eigenvalue weighted by atomic mass is 9.90. The smallest absolute Gasteiger partial charge is 0.243 e. The molecule has 6 aromatic rings. The van der Waals surface area contributed by atoms with Crippen LogP contribution in [0.3, 0.4) is 0 Å². The number of nitrogens with two attached hydrogens (primary N) is 3. The summed E-state index contributed by atoms with van der Waals surface area (Å²) in [5.74, 6) is -5.90. The van der Waals surface area contributed by atoms with Gasteiger partial charge in [-0.2, -0.15) is 0 Å². The number of H-pyrrole nitrogens is 2. The summed E-state index contributed by atoms with van der Waals surface area (Å²) in [5, 5.41) is 18.4. The van der Waals surface area contributed by atoms with Crippen LogP contribution in [0.25, 0.3) is 21.8 Å². The highest BCUT2D eigenvalue weighted by Crippen LogP contribution is 2.22. The van der Waals surface area contributed by atoms with Gasteiger partial charge in [0.15, 0.2) is 0 Å². The summed E-state index contributed by atoms with van der Waals surface area (Å²) in [4.78, 5) is 118. The van der Waals surface area contributed by atoms with Crippen molar-refractivity contribution in [2.24, 2.45) is 23.1 Å². The number of carbonyl (C=O) groups is 8. The molecule has 2 heterocycles. The van der Waals surface area contributed by atoms with E-state index in [1.807, 2.05) is 80.6 Å². The van der Waals surface area contributed by atoms with Crippen LogP contribution < -0.4 is 49.1 Å². The van der Waals surface area contributed by atoms with Gasteiger partial charge in [0.05, 0.1) is 6.04 Å². The number of amides is 8. The Balaban J connectivity index is 1.33. The van der Waals surface area contributed by atoms with E-state index in [4.69, 9.17) is 17.2 Å². The molecule has 0 saturated carbocycles. The molecule has 14 N–H and O–H groups in total. The summed E-state index contributed by atoms with van der Waals surface area (Å²) in [6.07, 6.45) is 3.49. The summed E-state index contributed by atoms with van der Waals surface area (Å²) in [6.45, 7) is 7.22. The van der Waals surface area contributed by atoms with Crippen LogP contribution in [0, 0.1) is 5.92 Å². The number of rotatable bonds is 28. The van der Waals surface area contributed by atoms with E-state index in [0.29, 0.717) is 16.7 Å². The Kier molecular flexibility index (Phi) is 20.1. The highest BCUT2D eigenvalue weighted by Gasteiger charge is 2.39. The number of benzene rings is 4. The summed E-state index contributed by atoms with van der Waals surface area (Å²) in [7, 11) is 0. The van der Waals surface area contributed by atoms with Crippen LogP contribution in [0.1, 0.15) is 82.1 Å². The number of aromatic nitrogens is 2. The molecule has 19 nitrogen and oxygen atoms in total. The van der Waals surface area contributed by atoms with Gasteiger partial charge in [0.2, 0.25) is 47.3 Å². The number of hydrogen-bond donors (Lipinski definition) is 11. The molecular weight excluding hydrogens is 967 g/mol. The van der Waals surface area contributed by atoms with Crippen molar-refractivity contribution in [3.8, 4) is 0 Å². The van der Waals surface area contributed by atoms with Crippen LogP contribution in [0.15, 0.2) is 122 Å². The lowest BCUT2D eigenvalue weighted by molar-refractivity contribution is -0.136. The predicted octanol–water partition coefficient (Wildman–Crippen LogP) is 3.14. The molecule has 6 rings (SSSR count). The summed E-state index contributed by atoms with van der Waals surface area (Å²) in [5.41, 5.74) is 20.5. The summed E-state index contributed by atoms with van der Waals surface area (Å²) in [6, 6.07) is 25.1. The number of nitrogens with one attached hydrogen (secondary N) is 8. The second kappa shape index (κ2) is 26.8. The average Bonchev–Trinajstić information content (AvgIpc) is 4.01. The molecule has 76 heavy (non-hydrogen) atoms. The molecule has 4 aromatic carbocycles. The van der Waals surface area contributed by atoms with Gasteiger partial charge < -0.3 is 59.1 Å². The Labute approximate surface area is 442 Å². The third-order valence-electron chi connectivity index (χ3n) is 13.7. The minimum absolute atomic E-state index is 0.0502. The van der Waals surface area contributed by atoms with Gasteiger partial charge in [0.25, 0.3) is 0 Å². The number of para-hydroxylation sites is 2. The van der Waals surface area contributed by atoms with Gasteiger partial charge in [0, 0.05) is 59.9 Å². The topological polar surface area (TPSA) is 318 Å². The molecule has 0 radical (unpaired) electrons. The van der Waals surface area contributed by atoms with Crippen molar-refractivity contribution in [3.05, 3.63) is 144 Å². The molecule has 0 aliphatic heterocycles. The minimum atomic E-state index is -1.39. The molecule has 402 valence electrons. The van der Waals surface area contributed by atoms with Gasteiger partial charge in [-0.3, -0.25) is 38.4 Å². The van der Waals surface area contributed by atoms with Crippen molar-refractivity contribution in [1.82, 2.24) is 41.9 Å². The minimum Gasteiger partial charge on any atom is -0.370 e. The normalized spacial score (nSPS) is 13.9. The monoisotopic (exact) mass is 1040 g/mol. The number of hydrogen-bond acceptors (Lipinski definition) is 9. The number of primary amides is 2. The highest BCUT2D eigenvalue weighted by atomic mass is 16.2. The molecule has 0 unspecified atom stereocenters. The lowest BCUT2D eigenvalue weighted by Gasteiger charge is -2.32. The summed E-state index contributed by atoms with van der Waals surface area (Å²) >= 11 is 0. The van der Waals surface area contributed by atoms with Crippen molar-refractivity contribution in [2.45, 2.75) is 127 Å². The van der Waals surface area contributed by atoms with E-state index < -0.39 is 89.0 Å². The second-order valence-electron chi connectivity index (χ2n) is 19.7. The Morgan fingerprint density at radius 2 is 0.908 bits per heavy atom. The van der Waals surface area contributed by atoms with Gasteiger partial charge in [-0.1, -0.05) is 125 Å². The van der Waals surface area contributed by atoms with Crippen LogP contribution in [-0.4, -0.2) is 99.0 Å². The second-order valence-corrected chi connectivity index (χ2v) is 19.7. The fourth-order valence-electron chi connectivity index (χ4n) is 9.27. The first-order valence-corrected chi connectivity index (χ1v) is 25.8. The van der Waals surface area contributed by atoms with Gasteiger partial charge >= 0.3 is 0 Å². The Morgan fingerprint density at radius 1 is 0.500 bits per heavy atom. The lowest BCUT2D eigenvalue weighted by Crippen LogP contribution is -2.63. The maximum absolute atomic E-state index is 15.0. The predicted molar refractivity (Wildman–Crippen MR) is 290 cm³/mol.